The third-order valence-corrected chi connectivity index (χ3v) is 22.6. The van der Waals surface area contributed by atoms with E-state index in [1.54, 1.807) is 0 Å². The largest absolute Gasteiger partial charge is 0.0757 e. The van der Waals surface area contributed by atoms with E-state index in [1.165, 1.54) is 231 Å². The molecule has 23 rings (SSSR count). The Bertz CT molecular complexity index is 6200. The van der Waals surface area contributed by atoms with Gasteiger partial charge in [0.2, 0.25) is 0 Å². The van der Waals surface area contributed by atoms with E-state index in [2.05, 4.69) is 340 Å². The Balaban J connectivity index is 0.000000129. The van der Waals surface area contributed by atoms with Gasteiger partial charge >= 0.3 is 0 Å². The summed E-state index contributed by atoms with van der Waals surface area (Å²) < 4.78 is 0. The average Bonchev–Trinajstić information content (AvgIpc) is 1.53. The molecule has 0 spiro atoms. The second-order valence-corrected chi connectivity index (χ2v) is 27.7. The molecule has 5 aliphatic rings. The fraction of sp³-hybridized carbons (Fsp3) is 0.0200. The maximum atomic E-state index is 2.50. The van der Waals surface area contributed by atoms with Gasteiger partial charge in [0.25, 0.3) is 0 Å². The van der Waals surface area contributed by atoms with Crippen molar-refractivity contribution in [2.24, 2.45) is 0 Å². The molecule has 0 heteroatoms. The predicted octanol–water partition coefficient (Wildman–Crippen LogP) is 26.2. The summed E-state index contributed by atoms with van der Waals surface area (Å²) in [5.74, 6) is 0. The Kier molecular flexibility index (Phi) is 11.8. The van der Waals surface area contributed by atoms with E-state index in [4.69, 9.17) is 0 Å². The lowest BCUT2D eigenvalue weighted by atomic mass is 9.82. The molecule has 0 aromatic heterocycles. The molecular formula is C100H60. The third kappa shape index (κ3) is 7.76. The van der Waals surface area contributed by atoms with E-state index < -0.39 is 0 Å². The van der Waals surface area contributed by atoms with Crippen LogP contribution in [0.5, 0.6) is 0 Å². The van der Waals surface area contributed by atoms with Gasteiger partial charge in [-0.1, -0.05) is 315 Å². The molecule has 18 aromatic carbocycles. The van der Waals surface area contributed by atoms with Crippen molar-refractivity contribution in [2.45, 2.75) is 12.8 Å². The van der Waals surface area contributed by atoms with Crippen LogP contribution in [0, 0.1) is 0 Å². The third-order valence-electron chi connectivity index (χ3n) is 22.6. The number of hydrogen-bond acceptors (Lipinski definition) is 0. The van der Waals surface area contributed by atoms with Crippen molar-refractivity contribution in [3.8, 4) is 156 Å². The minimum atomic E-state index is 1.05. The molecule has 0 saturated heterocycles. The molecule has 18 aromatic rings. The van der Waals surface area contributed by atoms with Gasteiger partial charge in [-0.2, -0.15) is 0 Å². The van der Waals surface area contributed by atoms with Crippen LogP contribution in [0.15, 0.2) is 328 Å². The van der Waals surface area contributed by atoms with Gasteiger partial charge in [-0.15, -0.1) is 0 Å². The van der Waals surface area contributed by atoms with Crippen LogP contribution < -0.4 is 10.4 Å². The van der Waals surface area contributed by atoms with Crippen LogP contribution in [0.2, 0.25) is 0 Å². The maximum absolute atomic E-state index is 2.50. The van der Waals surface area contributed by atoms with Gasteiger partial charge in [-0.05, 0) is 268 Å². The van der Waals surface area contributed by atoms with Gasteiger partial charge in [0.15, 0.2) is 0 Å². The van der Waals surface area contributed by atoms with E-state index in [-0.39, 0.29) is 0 Å². The Morgan fingerprint density at radius 1 is 0.150 bits per heavy atom. The first-order valence-corrected chi connectivity index (χ1v) is 35.3. The first-order valence-electron chi connectivity index (χ1n) is 35.3. The lowest BCUT2D eigenvalue weighted by Crippen LogP contribution is -2.32. The highest BCUT2D eigenvalue weighted by Gasteiger charge is 2.38. The first kappa shape index (κ1) is 55.4. The Morgan fingerprint density at radius 2 is 0.400 bits per heavy atom. The van der Waals surface area contributed by atoms with Gasteiger partial charge in [-0.3, -0.25) is 0 Å². The smallest absolute Gasteiger partial charge is 0.000740 e. The molecule has 460 valence electrons. The van der Waals surface area contributed by atoms with Crippen LogP contribution in [-0.2, 0) is 0 Å². The SMILES string of the molecule is C1=c2c(-c3ccccc3)c3c(c(-c4ccccc4)c2=CCC1)-c1ccc2c4c(ccc-3c14)-c1c-2c(-c2ccccc2)c2ccccc2c1-c1ccccc1.c1ccc(-c2c3cc4c(cc3c(-c3ccccc3)c3cc5c(cc23)-c2cccc3cccc-5c23)-c2cccc3cccc-4c23)cc1. The number of hydrogen-bond donors (Lipinski definition) is 0. The van der Waals surface area contributed by atoms with E-state index in [1.807, 2.05) is 0 Å². The topological polar surface area (TPSA) is 0 Å². The molecule has 0 amide bonds. The molecule has 0 heterocycles. The van der Waals surface area contributed by atoms with Crippen molar-refractivity contribution in [3.05, 3.63) is 338 Å². The highest BCUT2D eigenvalue weighted by atomic mass is 14.4. The summed E-state index contributed by atoms with van der Waals surface area (Å²) >= 11 is 0. The molecule has 100 heavy (non-hydrogen) atoms. The fourth-order valence-electron chi connectivity index (χ4n) is 18.8. The second-order valence-electron chi connectivity index (χ2n) is 27.7. The highest BCUT2D eigenvalue weighted by Crippen LogP contribution is 2.64. The van der Waals surface area contributed by atoms with Gasteiger partial charge in [0, 0.05) is 0 Å². The van der Waals surface area contributed by atoms with Crippen molar-refractivity contribution in [3.63, 3.8) is 0 Å². The molecule has 5 aliphatic carbocycles. The molecule has 0 atom stereocenters. The van der Waals surface area contributed by atoms with Crippen LogP contribution in [0.3, 0.4) is 0 Å². The standard InChI is InChI=1S/C54H34.C46H26/c1-5-17-33(18-6-1)45-37-25-13-14-26-38(37)46(34-19-7-2-8-20-34)52-42-31-32-44-50-43(30-29-41(49(42)50)51(45)52)53-47(35-21-9-3-10-22-35)39-27-15-16-28-40(39)48(54(44)53)36-23-11-4-12-24-36;1-3-11-27(12-4-1)45-39-23-35-31-19-7-15-29-17-9-21-33(43(29)31)37(35)25-41(39)46(28-13-5-2-6-14-28)42-26-38-34-22-10-18-30-16-8-20-32(44(30)34)36(38)24-40(42)45/h1-14,17-32H,15-16H2;1-26H. The number of rotatable bonds is 6. The summed E-state index contributed by atoms with van der Waals surface area (Å²) in [6.07, 6.45) is 7.11. The van der Waals surface area contributed by atoms with Crippen LogP contribution in [0.25, 0.3) is 233 Å². The molecular weight excluding hydrogens is 1200 g/mol. The Labute approximate surface area is 579 Å². The monoisotopic (exact) mass is 1260 g/mol. The van der Waals surface area contributed by atoms with Crippen molar-refractivity contribution in [2.75, 3.05) is 0 Å². The molecule has 0 unspecified atom stereocenters. The Hall–Kier alpha value is -12.7. The van der Waals surface area contributed by atoms with Crippen molar-refractivity contribution in [1.29, 1.82) is 0 Å². The summed E-state index contributed by atoms with van der Waals surface area (Å²) in [4.78, 5) is 0. The lowest BCUT2D eigenvalue weighted by Gasteiger charge is -2.21. The Morgan fingerprint density at radius 3 is 0.690 bits per heavy atom. The van der Waals surface area contributed by atoms with Crippen molar-refractivity contribution >= 4 is 76.8 Å². The van der Waals surface area contributed by atoms with Gasteiger partial charge in [-0.25, -0.2) is 0 Å². The van der Waals surface area contributed by atoms with Crippen LogP contribution in [-0.4, -0.2) is 0 Å². The summed E-state index contributed by atoms with van der Waals surface area (Å²) in [6, 6.07) is 122. The van der Waals surface area contributed by atoms with E-state index >= 15 is 0 Å². The van der Waals surface area contributed by atoms with Crippen molar-refractivity contribution < 1.29 is 0 Å². The molecule has 0 bridgehead atoms. The maximum Gasteiger partial charge on any atom is -0.000740 e. The van der Waals surface area contributed by atoms with E-state index in [0.29, 0.717) is 0 Å². The average molecular weight is 1260 g/mol. The molecule has 0 aliphatic heterocycles. The molecule has 0 radical (unpaired) electrons. The second kappa shape index (κ2) is 21.4. The fourth-order valence-corrected chi connectivity index (χ4v) is 18.8. The lowest BCUT2D eigenvalue weighted by molar-refractivity contribution is 1.12. The summed E-state index contributed by atoms with van der Waals surface area (Å²) in [6.45, 7) is 0. The van der Waals surface area contributed by atoms with E-state index in [0.717, 1.165) is 12.8 Å². The zero-order chi connectivity index (χ0) is 65.3. The van der Waals surface area contributed by atoms with Gasteiger partial charge in [0.05, 0.1) is 0 Å². The molecule has 0 fully saturated rings. The molecule has 0 saturated carbocycles. The van der Waals surface area contributed by atoms with Gasteiger partial charge < -0.3 is 0 Å². The highest BCUT2D eigenvalue weighted by molar-refractivity contribution is 6.34. The zero-order valence-electron chi connectivity index (χ0n) is 54.7. The molecule has 0 nitrogen and oxygen atoms in total. The molecule has 0 N–H and O–H groups in total. The predicted molar refractivity (Wildman–Crippen MR) is 426 cm³/mol. The van der Waals surface area contributed by atoms with Crippen LogP contribution >= 0.6 is 0 Å². The minimum Gasteiger partial charge on any atom is -0.0757 e. The van der Waals surface area contributed by atoms with Gasteiger partial charge in [0.1, 0.15) is 0 Å². The van der Waals surface area contributed by atoms with Crippen molar-refractivity contribution in [1.82, 2.24) is 0 Å². The quantitative estimate of drug-likeness (QED) is 0.146. The summed E-state index contributed by atoms with van der Waals surface area (Å²) in [5, 5.41) is 18.6. The number of benzene rings is 18. The zero-order valence-corrected chi connectivity index (χ0v) is 54.7. The summed E-state index contributed by atoms with van der Waals surface area (Å²) in [7, 11) is 0. The number of fused-ring (bicyclic) bond motifs is 16. The minimum absolute atomic E-state index is 1.05. The summed E-state index contributed by atoms with van der Waals surface area (Å²) in [5.41, 5.74) is 37.0. The van der Waals surface area contributed by atoms with Crippen LogP contribution in [0.1, 0.15) is 12.8 Å². The first-order chi connectivity index (χ1) is 49.7. The normalized spacial score (nSPS) is 12.7. The van der Waals surface area contributed by atoms with Crippen LogP contribution in [0.4, 0.5) is 0 Å². The van der Waals surface area contributed by atoms with E-state index in [9.17, 15) is 0 Å².